The molecule has 1 saturated heterocycles. The molecule has 0 radical (unpaired) electrons. The lowest BCUT2D eigenvalue weighted by Gasteiger charge is -2.33. The molecule has 0 bridgehead atoms. The number of likely N-dealkylation sites (tertiary alicyclic amines) is 1. The fraction of sp³-hybridized carbons (Fsp3) is 1.00. The molecule has 1 fully saturated rings. The minimum absolute atomic E-state index is 0.415. The highest BCUT2D eigenvalue weighted by molar-refractivity contribution is 4.89. The van der Waals surface area contributed by atoms with E-state index in [9.17, 15) is 0 Å². The van der Waals surface area contributed by atoms with Gasteiger partial charge in [0.05, 0.1) is 6.61 Å². The van der Waals surface area contributed by atoms with Crippen molar-refractivity contribution in [3.8, 4) is 0 Å². The molecule has 1 aliphatic heterocycles. The van der Waals surface area contributed by atoms with Gasteiger partial charge in [-0.05, 0) is 30.2 Å². The van der Waals surface area contributed by atoms with Crippen molar-refractivity contribution in [3.63, 3.8) is 0 Å². The Morgan fingerprint density at radius 1 is 1.41 bits per heavy atom. The molecule has 3 unspecified atom stereocenters. The molecule has 3 nitrogen and oxygen atoms in total. The summed E-state index contributed by atoms with van der Waals surface area (Å²) >= 11 is 0. The number of hydrogen-bond donors (Lipinski definition) is 1. The van der Waals surface area contributed by atoms with Gasteiger partial charge in [0.25, 0.3) is 0 Å². The van der Waals surface area contributed by atoms with Crippen LogP contribution in [-0.4, -0.2) is 44.3 Å². The van der Waals surface area contributed by atoms with E-state index >= 15 is 0 Å². The number of methoxy groups -OCH3 is 1. The predicted molar refractivity (Wildman–Crippen MR) is 73.0 cm³/mol. The summed E-state index contributed by atoms with van der Waals surface area (Å²) in [5.74, 6) is 1.31. The van der Waals surface area contributed by atoms with E-state index in [2.05, 4.69) is 32.6 Å². The van der Waals surface area contributed by atoms with Gasteiger partial charge < -0.3 is 10.5 Å². The molecule has 0 amide bonds. The number of nitrogens with two attached hydrogens (primary N) is 1. The van der Waals surface area contributed by atoms with Gasteiger partial charge in [-0.3, -0.25) is 4.90 Å². The number of nitrogens with zero attached hydrogens (tertiary/aromatic N) is 1. The average Bonchev–Trinajstić information content (AvgIpc) is 2.68. The van der Waals surface area contributed by atoms with Crippen LogP contribution in [0.4, 0.5) is 0 Å². The summed E-state index contributed by atoms with van der Waals surface area (Å²) in [6, 6.07) is 0.474. The molecule has 0 aromatic carbocycles. The molecule has 102 valence electrons. The van der Waals surface area contributed by atoms with Gasteiger partial charge >= 0.3 is 0 Å². The molecule has 3 heteroatoms. The molecule has 0 aromatic rings. The van der Waals surface area contributed by atoms with Crippen molar-refractivity contribution in [2.45, 2.75) is 40.2 Å². The van der Waals surface area contributed by atoms with Crippen LogP contribution in [0.1, 0.15) is 34.1 Å². The lowest BCUT2D eigenvalue weighted by atomic mass is 9.80. The monoisotopic (exact) mass is 242 g/mol. The van der Waals surface area contributed by atoms with Crippen LogP contribution < -0.4 is 5.73 Å². The van der Waals surface area contributed by atoms with Gasteiger partial charge in [-0.1, -0.05) is 27.7 Å². The summed E-state index contributed by atoms with van der Waals surface area (Å²) in [5.41, 5.74) is 6.36. The third kappa shape index (κ3) is 3.94. The molecular weight excluding hydrogens is 212 g/mol. The van der Waals surface area contributed by atoms with E-state index in [1.165, 1.54) is 19.5 Å². The van der Waals surface area contributed by atoms with Crippen molar-refractivity contribution in [2.24, 2.45) is 23.0 Å². The summed E-state index contributed by atoms with van der Waals surface area (Å²) in [6.45, 7) is 13.2. The maximum Gasteiger partial charge on any atom is 0.0503 e. The highest BCUT2D eigenvalue weighted by Crippen LogP contribution is 2.35. The first-order valence-electron chi connectivity index (χ1n) is 6.83. The average molecular weight is 242 g/mol. The van der Waals surface area contributed by atoms with Crippen molar-refractivity contribution in [1.29, 1.82) is 0 Å². The van der Waals surface area contributed by atoms with Crippen LogP contribution in [0.15, 0.2) is 0 Å². The zero-order valence-corrected chi connectivity index (χ0v) is 12.2. The normalized spacial score (nSPS) is 26.1. The number of ether oxygens (including phenoxy) is 1. The Hall–Kier alpha value is -0.120. The Kier molecular flexibility index (Phi) is 5.42. The zero-order chi connectivity index (χ0) is 13.1. The molecule has 0 spiro atoms. The maximum atomic E-state index is 5.94. The second-order valence-electron chi connectivity index (χ2n) is 6.58. The van der Waals surface area contributed by atoms with Gasteiger partial charge in [0, 0.05) is 26.2 Å². The van der Waals surface area contributed by atoms with Crippen molar-refractivity contribution in [3.05, 3.63) is 0 Å². The van der Waals surface area contributed by atoms with Crippen LogP contribution in [0.25, 0.3) is 0 Å². The van der Waals surface area contributed by atoms with E-state index < -0.39 is 0 Å². The van der Waals surface area contributed by atoms with E-state index in [0.29, 0.717) is 17.4 Å². The van der Waals surface area contributed by atoms with E-state index in [1.54, 1.807) is 7.11 Å². The topological polar surface area (TPSA) is 38.5 Å². The summed E-state index contributed by atoms with van der Waals surface area (Å²) < 4.78 is 5.26. The van der Waals surface area contributed by atoms with Crippen LogP contribution in [0.2, 0.25) is 0 Å². The Morgan fingerprint density at radius 3 is 2.47 bits per heavy atom. The van der Waals surface area contributed by atoms with Crippen molar-refractivity contribution < 1.29 is 4.74 Å². The second kappa shape index (κ2) is 6.17. The molecule has 0 aromatic heterocycles. The lowest BCUT2D eigenvalue weighted by Crippen LogP contribution is -2.45. The maximum absolute atomic E-state index is 5.94. The fourth-order valence-electron chi connectivity index (χ4n) is 2.91. The molecule has 1 rings (SSSR count). The Morgan fingerprint density at radius 2 is 2.06 bits per heavy atom. The van der Waals surface area contributed by atoms with Gasteiger partial charge in [-0.2, -0.15) is 0 Å². The first kappa shape index (κ1) is 14.9. The SMILES string of the molecule is COCC(C)C(CN)N1CCC(C(C)(C)C)C1. The molecule has 17 heavy (non-hydrogen) atoms. The van der Waals surface area contributed by atoms with Gasteiger partial charge in [0.1, 0.15) is 0 Å². The Bertz CT molecular complexity index is 225. The third-order valence-electron chi connectivity index (χ3n) is 4.24. The smallest absolute Gasteiger partial charge is 0.0503 e. The summed E-state index contributed by atoms with van der Waals surface area (Å²) in [5, 5.41) is 0. The molecule has 0 aliphatic carbocycles. The zero-order valence-electron chi connectivity index (χ0n) is 12.2. The summed E-state index contributed by atoms with van der Waals surface area (Å²) in [6.07, 6.45) is 1.31. The first-order chi connectivity index (χ1) is 7.90. The van der Waals surface area contributed by atoms with E-state index in [1.807, 2.05) is 0 Å². The lowest BCUT2D eigenvalue weighted by molar-refractivity contribution is 0.0915. The quantitative estimate of drug-likeness (QED) is 0.801. The highest BCUT2D eigenvalue weighted by atomic mass is 16.5. The van der Waals surface area contributed by atoms with Gasteiger partial charge in [0.15, 0.2) is 0 Å². The van der Waals surface area contributed by atoms with E-state index in [-0.39, 0.29) is 0 Å². The van der Waals surface area contributed by atoms with Crippen LogP contribution in [0, 0.1) is 17.3 Å². The first-order valence-corrected chi connectivity index (χ1v) is 6.83. The Balaban J connectivity index is 2.55. The number of hydrogen-bond acceptors (Lipinski definition) is 3. The molecule has 2 N–H and O–H groups in total. The van der Waals surface area contributed by atoms with Crippen molar-refractivity contribution in [2.75, 3.05) is 33.4 Å². The fourth-order valence-corrected chi connectivity index (χ4v) is 2.91. The minimum Gasteiger partial charge on any atom is -0.384 e. The molecular formula is C14H30N2O. The molecule has 0 saturated carbocycles. The second-order valence-corrected chi connectivity index (χ2v) is 6.58. The van der Waals surface area contributed by atoms with E-state index in [0.717, 1.165) is 19.1 Å². The van der Waals surface area contributed by atoms with Crippen LogP contribution in [0.3, 0.4) is 0 Å². The molecule has 3 atom stereocenters. The minimum atomic E-state index is 0.415. The van der Waals surface area contributed by atoms with Gasteiger partial charge in [-0.25, -0.2) is 0 Å². The van der Waals surface area contributed by atoms with Crippen LogP contribution in [-0.2, 0) is 4.74 Å². The van der Waals surface area contributed by atoms with Gasteiger partial charge in [0.2, 0.25) is 0 Å². The highest BCUT2D eigenvalue weighted by Gasteiger charge is 2.35. The molecule has 1 heterocycles. The van der Waals surface area contributed by atoms with Crippen molar-refractivity contribution in [1.82, 2.24) is 4.90 Å². The Labute approximate surface area is 107 Å². The summed E-state index contributed by atoms with van der Waals surface area (Å²) in [4.78, 5) is 2.57. The largest absolute Gasteiger partial charge is 0.384 e. The summed E-state index contributed by atoms with van der Waals surface area (Å²) in [7, 11) is 1.77. The number of rotatable bonds is 5. The standard InChI is InChI=1S/C14H30N2O/c1-11(10-17-5)13(8-15)16-7-6-12(9-16)14(2,3)4/h11-13H,6-10,15H2,1-5H3. The van der Waals surface area contributed by atoms with Crippen LogP contribution >= 0.6 is 0 Å². The van der Waals surface area contributed by atoms with Gasteiger partial charge in [-0.15, -0.1) is 0 Å². The van der Waals surface area contributed by atoms with Crippen molar-refractivity contribution >= 4 is 0 Å². The predicted octanol–water partition coefficient (Wildman–Crippen LogP) is 1.96. The third-order valence-corrected chi connectivity index (χ3v) is 4.24. The molecule has 1 aliphatic rings. The van der Waals surface area contributed by atoms with Crippen LogP contribution in [0.5, 0.6) is 0 Å². The van der Waals surface area contributed by atoms with E-state index in [4.69, 9.17) is 10.5 Å².